The maximum atomic E-state index is 12.0. The van der Waals surface area contributed by atoms with Crippen molar-refractivity contribution in [2.24, 2.45) is 5.41 Å². The molecule has 1 aliphatic rings. The molecule has 0 radical (unpaired) electrons. The summed E-state index contributed by atoms with van der Waals surface area (Å²) in [6.45, 7) is 13.0. The van der Waals surface area contributed by atoms with Gasteiger partial charge in [0.05, 0.1) is 0 Å². The van der Waals surface area contributed by atoms with Crippen LogP contribution in [0, 0.1) is 5.41 Å². The number of hydrogen-bond donors (Lipinski definition) is 0. The Morgan fingerprint density at radius 3 is 2.24 bits per heavy atom. The molecule has 34 heavy (non-hydrogen) atoms. The van der Waals surface area contributed by atoms with Gasteiger partial charge in [-0.25, -0.2) is 4.79 Å². The smallest absolute Gasteiger partial charge is 0.338 e. The third kappa shape index (κ3) is 12.9. The van der Waals surface area contributed by atoms with Gasteiger partial charge in [-0.05, 0) is 63.0 Å². The first kappa shape index (κ1) is 29.9. The third-order valence-electron chi connectivity index (χ3n) is 6.57. The normalized spacial score (nSPS) is 17.1. The van der Waals surface area contributed by atoms with Gasteiger partial charge in [0.25, 0.3) is 0 Å². The Bertz CT molecular complexity index is 803. The number of hydrogen-bond acceptors (Lipinski definition) is 3. The molecule has 190 valence electrons. The highest BCUT2D eigenvalue weighted by Gasteiger charge is 2.26. The Morgan fingerprint density at radius 1 is 0.941 bits per heavy atom. The fourth-order valence-electron chi connectivity index (χ4n) is 4.46. The van der Waals surface area contributed by atoms with Gasteiger partial charge in [-0.2, -0.15) is 0 Å². The molecule has 3 heteroatoms. The maximum absolute atomic E-state index is 12.0. The second kappa shape index (κ2) is 16.5. The van der Waals surface area contributed by atoms with Crippen LogP contribution in [0.25, 0.3) is 0 Å². The van der Waals surface area contributed by atoms with E-state index in [0.29, 0.717) is 6.42 Å². The van der Waals surface area contributed by atoms with Gasteiger partial charge in [-0.1, -0.05) is 107 Å². The number of ether oxygens (including phenoxy) is 1. The molecule has 0 aromatic heterocycles. The van der Waals surface area contributed by atoms with Crippen molar-refractivity contribution < 1.29 is 14.3 Å². The minimum atomic E-state index is -0.589. The van der Waals surface area contributed by atoms with E-state index in [-0.39, 0.29) is 5.41 Å². The lowest BCUT2D eigenvalue weighted by atomic mass is 9.72. The first-order valence-electron chi connectivity index (χ1n) is 13.3. The van der Waals surface area contributed by atoms with Crippen LogP contribution in [0.1, 0.15) is 119 Å². The summed E-state index contributed by atoms with van der Waals surface area (Å²) in [6.07, 6.45) is 24.9. The Morgan fingerprint density at radius 2 is 1.59 bits per heavy atom. The summed E-state index contributed by atoms with van der Waals surface area (Å²) < 4.78 is 4.92. The molecule has 0 aromatic carbocycles. The molecule has 0 aliphatic heterocycles. The average molecular weight is 469 g/mol. The molecule has 0 unspecified atom stereocenters. The van der Waals surface area contributed by atoms with Crippen molar-refractivity contribution in [3.05, 3.63) is 58.7 Å². The van der Waals surface area contributed by atoms with Crippen LogP contribution in [0.5, 0.6) is 0 Å². The molecule has 0 heterocycles. The van der Waals surface area contributed by atoms with Crippen molar-refractivity contribution in [1.82, 2.24) is 0 Å². The largest absolute Gasteiger partial charge is 0.390 e. The minimum absolute atomic E-state index is 0.236. The molecule has 3 nitrogen and oxygen atoms in total. The summed E-state index contributed by atoms with van der Waals surface area (Å²) in [6, 6.07) is 0. The highest BCUT2D eigenvalue weighted by atomic mass is 16.6. The lowest BCUT2D eigenvalue weighted by Gasteiger charge is -2.32. The number of rotatable bonds is 14. The van der Waals surface area contributed by atoms with Crippen molar-refractivity contribution in [2.75, 3.05) is 0 Å². The van der Waals surface area contributed by atoms with Crippen molar-refractivity contribution in [3.63, 3.8) is 0 Å². The van der Waals surface area contributed by atoms with Crippen LogP contribution in [0.2, 0.25) is 0 Å². The molecule has 0 aromatic rings. The van der Waals surface area contributed by atoms with Gasteiger partial charge < -0.3 is 4.74 Å². The molecule has 0 atom stereocenters. The first-order valence-corrected chi connectivity index (χ1v) is 13.3. The Hall–Kier alpha value is -2.16. The maximum Gasteiger partial charge on any atom is 0.338 e. The predicted molar refractivity (Wildman–Crippen MR) is 144 cm³/mol. The fourth-order valence-corrected chi connectivity index (χ4v) is 4.46. The minimum Gasteiger partial charge on any atom is -0.390 e. The van der Waals surface area contributed by atoms with Crippen LogP contribution in [0.3, 0.4) is 0 Å². The number of allylic oxidation sites excluding steroid dienone is 9. The quantitative estimate of drug-likeness (QED) is 0.0839. The van der Waals surface area contributed by atoms with E-state index >= 15 is 0 Å². The van der Waals surface area contributed by atoms with Crippen LogP contribution in [-0.4, -0.2) is 11.9 Å². The van der Waals surface area contributed by atoms with Crippen LogP contribution in [0.15, 0.2) is 58.7 Å². The van der Waals surface area contributed by atoms with E-state index in [0.717, 1.165) is 30.4 Å². The fraction of sp³-hybridized carbons (Fsp3) is 0.613. The lowest BCUT2D eigenvalue weighted by molar-refractivity contribution is -0.156. The van der Waals surface area contributed by atoms with Crippen LogP contribution < -0.4 is 0 Å². The highest BCUT2D eigenvalue weighted by Crippen LogP contribution is 2.40. The highest BCUT2D eigenvalue weighted by molar-refractivity contribution is 5.92. The van der Waals surface area contributed by atoms with E-state index in [1.54, 1.807) is 0 Å². The average Bonchev–Trinajstić information content (AvgIpc) is 2.74. The van der Waals surface area contributed by atoms with E-state index in [9.17, 15) is 9.59 Å². The van der Waals surface area contributed by atoms with E-state index < -0.39 is 11.9 Å². The standard InChI is InChI=1S/C31H48O3/c1-7-8-9-10-11-12-13-14-20-29(32)34-30(33)24-26(3)18-15-17-25(2)21-22-28-27(4)19-16-23-31(28,5)6/h15,17-18,21-22,24H,7-14,16,19-20,23H2,1-6H3/b18-15+,22-21+,25-17+,26-24+. The second-order valence-corrected chi connectivity index (χ2v) is 10.4. The number of carbonyl (C=O) groups is 2. The van der Waals surface area contributed by atoms with E-state index in [1.807, 2.05) is 25.2 Å². The van der Waals surface area contributed by atoms with Gasteiger partial charge in [0, 0.05) is 12.5 Å². The lowest BCUT2D eigenvalue weighted by Crippen LogP contribution is -2.19. The topological polar surface area (TPSA) is 43.4 Å². The summed E-state index contributed by atoms with van der Waals surface area (Å²) in [5.74, 6) is -1.02. The van der Waals surface area contributed by atoms with Gasteiger partial charge >= 0.3 is 11.9 Å². The Labute approximate surface area is 209 Å². The van der Waals surface area contributed by atoms with E-state index in [4.69, 9.17) is 4.74 Å². The molecule has 0 amide bonds. The number of esters is 2. The molecule has 1 aliphatic carbocycles. The van der Waals surface area contributed by atoms with E-state index in [2.05, 4.69) is 46.8 Å². The van der Waals surface area contributed by atoms with Gasteiger partial charge in [-0.3, -0.25) is 4.79 Å². The SMILES string of the molecule is CCCCCCCCCCC(=O)OC(=O)/C=C(C)/C=C/C=C(C)/C=C/C1=C(C)CCCC1(C)C. The summed E-state index contributed by atoms with van der Waals surface area (Å²) in [5, 5.41) is 0. The Kier molecular flexibility index (Phi) is 14.5. The second-order valence-electron chi connectivity index (χ2n) is 10.4. The zero-order chi connectivity index (χ0) is 25.4. The van der Waals surface area contributed by atoms with Crippen molar-refractivity contribution >= 4 is 11.9 Å². The molecule has 0 bridgehead atoms. The molecular weight excluding hydrogens is 420 g/mol. The monoisotopic (exact) mass is 468 g/mol. The van der Waals surface area contributed by atoms with Gasteiger partial charge in [-0.15, -0.1) is 0 Å². The number of unbranched alkanes of at least 4 members (excludes halogenated alkanes) is 7. The summed E-state index contributed by atoms with van der Waals surface area (Å²) in [5.41, 5.74) is 5.08. The number of carbonyl (C=O) groups excluding carboxylic acids is 2. The van der Waals surface area contributed by atoms with Gasteiger partial charge in [0.1, 0.15) is 0 Å². The van der Waals surface area contributed by atoms with Gasteiger partial charge in [0.2, 0.25) is 0 Å². The molecule has 0 fully saturated rings. The van der Waals surface area contributed by atoms with Crippen LogP contribution >= 0.6 is 0 Å². The zero-order valence-corrected chi connectivity index (χ0v) is 22.7. The first-order chi connectivity index (χ1) is 16.2. The summed E-state index contributed by atoms with van der Waals surface area (Å²) >= 11 is 0. The zero-order valence-electron chi connectivity index (χ0n) is 22.7. The summed E-state index contributed by atoms with van der Waals surface area (Å²) in [4.78, 5) is 23.9. The van der Waals surface area contributed by atoms with Crippen molar-refractivity contribution in [2.45, 2.75) is 119 Å². The molecule has 1 rings (SSSR count). The third-order valence-corrected chi connectivity index (χ3v) is 6.57. The van der Waals surface area contributed by atoms with Crippen LogP contribution in [0.4, 0.5) is 0 Å². The van der Waals surface area contributed by atoms with Crippen LogP contribution in [-0.2, 0) is 14.3 Å². The molecule has 0 saturated heterocycles. The van der Waals surface area contributed by atoms with Gasteiger partial charge in [0.15, 0.2) is 0 Å². The predicted octanol–water partition coefficient (Wildman–Crippen LogP) is 9.12. The molecular formula is C31H48O3. The summed E-state index contributed by atoms with van der Waals surface area (Å²) in [7, 11) is 0. The van der Waals surface area contributed by atoms with E-state index in [1.165, 1.54) is 68.6 Å². The molecule has 0 spiro atoms. The molecule has 0 N–H and O–H groups in total. The van der Waals surface area contributed by atoms with Crippen molar-refractivity contribution in [3.8, 4) is 0 Å². The van der Waals surface area contributed by atoms with Crippen molar-refractivity contribution in [1.29, 1.82) is 0 Å². The molecule has 0 saturated carbocycles. The Balaban J connectivity index is 2.40.